The average molecular weight is 320 g/mol. The number of hydrogen-bond acceptors (Lipinski definition) is 1. The van der Waals surface area contributed by atoms with Crippen LogP contribution in [0.5, 0.6) is 0 Å². The molecule has 0 fully saturated rings. The largest absolute Gasteiger partial charge is 0.378 e. The molecule has 0 radical (unpaired) electrons. The van der Waals surface area contributed by atoms with Crippen LogP contribution in [0, 0.1) is 17.5 Å². The third-order valence-corrected chi connectivity index (χ3v) is 3.37. The zero-order chi connectivity index (χ0) is 14.9. The van der Waals surface area contributed by atoms with Gasteiger partial charge in [-0.3, -0.25) is 0 Å². The quantitative estimate of drug-likeness (QED) is 0.728. The van der Waals surface area contributed by atoms with E-state index >= 15 is 0 Å². The highest BCUT2D eigenvalue weighted by Crippen LogP contribution is 2.30. The molecule has 1 unspecified atom stereocenters. The lowest BCUT2D eigenvalue weighted by Gasteiger charge is -2.17. The molecule has 1 nitrogen and oxygen atoms in total. The maximum Gasteiger partial charge on any atom is 0.164 e. The molecule has 0 bridgehead atoms. The SMILES string of the molecule is CC(Nc1cc(Cl)c(F)c(Cl)c1)c1cccc(F)c1F. The van der Waals surface area contributed by atoms with Gasteiger partial charge in [-0.05, 0) is 25.1 Å². The molecule has 106 valence electrons. The van der Waals surface area contributed by atoms with Gasteiger partial charge >= 0.3 is 0 Å². The molecule has 0 saturated heterocycles. The minimum atomic E-state index is -0.925. The Balaban J connectivity index is 2.28. The van der Waals surface area contributed by atoms with Crippen molar-refractivity contribution in [2.45, 2.75) is 13.0 Å². The van der Waals surface area contributed by atoms with Gasteiger partial charge in [-0.15, -0.1) is 0 Å². The standard InChI is InChI=1S/C14H10Cl2F3N/c1-7(9-3-2-4-12(17)13(9)18)20-8-5-10(15)14(19)11(16)6-8/h2-7,20H,1H3. The number of halogens is 5. The van der Waals surface area contributed by atoms with Crippen molar-refractivity contribution in [3.8, 4) is 0 Å². The number of benzene rings is 2. The molecule has 1 N–H and O–H groups in total. The smallest absolute Gasteiger partial charge is 0.164 e. The first-order valence-corrected chi connectivity index (χ1v) is 6.50. The second-order valence-corrected chi connectivity index (χ2v) is 5.08. The van der Waals surface area contributed by atoms with E-state index in [0.29, 0.717) is 5.69 Å². The van der Waals surface area contributed by atoms with Crippen LogP contribution in [0.25, 0.3) is 0 Å². The van der Waals surface area contributed by atoms with Gasteiger partial charge in [0.05, 0.1) is 16.1 Å². The summed E-state index contributed by atoms with van der Waals surface area (Å²) in [5.74, 6) is -2.57. The van der Waals surface area contributed by atoms with Crippen molar-refractivity contribution in [3.05, 3.63) is 63.4 Å². The van der Waals surface area contributed by atoms with Gasteiger partial charge in [0.15, 0.2) is 17.5 Å². The van der Waals surface area contributed by atoms with Crippen molar-refractivity contribution in [3.63, 3.8) is 0 Å². The third kappa shape index (κ3) is 3.02. The molecule has 20 heavy (non-hydrogen) atoms. The number of rotatable bonds is 3. The third-order valence-electron chi connectivity index (χ3n) is 2.81. The maximum atomic E-state index is 13.7. The van der Waals surface area contributed by atoms with Gasteiger partial charge in [-0.2, -0.15) is 0 Å². The van der Waals surface area contributed by atoms with Crippen molar-refractivity contribution in [1.82, 2.24) is 0 Å². The molecule has 2 aromatic carbocycles. The first-order chi connectivity index (χ1) is 9.40. The van der Waals surface area contributed by atoms with Crippen molar-refractivity contribution < 1.29 is 13.2 Å². The molecule has 0 heterocycles. The topological polar surface area (TPSA) is 12.0 Å². The first-order valence-electron chi connectivity index (χ1n) is 5.75. The Bertz CT molecular complexity index is 623. The monoisotopic (exact) mass is 319 g/mol. The van der Waals surface area contributed by atoms with Crippen molar-refractivity contribution in [2.75, 3.05) is 5.32 Å². The molecule has 6 heteroatoms. The van der Waals surface area contributed by atoms with E-state index in [-0.39, 0.29) is 15.6 Å². The molecule has 0 amide bonds. The van der Waals surface area contributed by atoms with Gasteiger partial charge in [-0.25, -0.2) is 13.2 Å². The molecule has 0 aliphatic heterocycles. The second-order valence-electron chi connectivity index (χ2n) is 4.26. The average Bonchev–Trinajstić information content (AvgIpc) is 2.39. The highest BCUT2D eigenvalue weighted by molar-refractivity contribution is 6.35. The Morgan fingerprint density at radius 3 is 2.20 bits per heavy atom. The van der Waals surface area contributed by atoms with Crippen LogP contribution in [0.4, 0.5) is 18.9 Å². The summed E-state index contributed by atoms with van der Waals surface area (Å²) in [6.45, 7) is 1.64. The first kappa shape index (κ1) is 15.0. The molecule has 0 aromatic heterocycles. The van der Waals surface area contributed by atoms with E-state index in [2.05, 4.69) is 5.32 Å². The van der Waals surface area contributed by atoms with Crippen LogP contribution in [-0.2, 0) is 0 Å². The normalized spacial score (nSPS) is 12.3. The molecule has 0 spiro atoms. The molecule has 2 rings (SSSR count). The predicted molar refractivity (Wildman–Crippen MR) is 74.8 cm³/mol. The summed E-state index contributed by atoms with van der Waals surface area (Å²) in [4.78, 5) is 0. The summed E-state index contributed by atoms with van der Waals surface area (Å²) >= 11 is 11.3. The predicted octanol–water partition coefficient (Wildman–Crippen LogP) is 5.58. The lowest BCUT2D eigenvalue weighted by molar-refractivity contribution is 0.494. The van der Waals surface area contributed by atoms with Crippen LogP contribution in [-0.4, -0.2) is 0 Å². The minimum Gasteiger partial charge on any atom is -0.378 e. The fourth-order valence-corrected chi connectivity index (χ4v) is 2.31. The Morgan fingerprint density at radius 1 is 1.00 bits per heavy atom. The van der Waals surface area contributed by atoms with Gasteiger partial charge in [0.25, 0.3) is 0 Å². The van der Waals surface area contributed by atoms with Crippen LogP contribution in [0.15, 0.2) is 30.3 Å². The van der Waals surface area contributed by atoms with E-state index in [4.69, 9.17) is 23.2 Å². The van der Waals surface area contributed by atoms with E-state index < -0.39 is 23.5 Å². The van der Waals surface area contributed by atoms with Crippen molar-refractivity contribution >= 4 is 28.9 Å². The minimum absolute atomic E-state index is 0.146. The summed E-state index contributed by atoms with van der Waals surface area (Å²) in [5.41, 5.74) is 0.569. The van der Waals surface area contributed by atoms with Gasteiger partial charge in [-0.1, -0.05) is 35.3 Å². The summed E-state index contributed by atoms with van der Waals surface area (Å²) < 4.78 is 40.1. The van der Waals surface area contributed by atoms with E-state index in [1.165, 1.54) is 24.3 Å². The van der Waals surface area contributed by atoms with Gasteiger partial charge < -0.3 is 5.32 Å². The summed E-state index contributed by atoms with van der Waals surface area (Å²) in [5, 5.41) is 2.60. The van der Waals surface area contributed by atoms with Gasteiger partial charge in [0.2, 0.25) is 0 Å². The fourth-order valence-electron chi connectivity index (χ4n) is 1.82. The summed E-state index contributed by atoms with van der Waals surface area (Å²) in [6, 6.07) is 6.03. The second kappa shape index (κ2) is 5.94. The number of anilines is 1. The highest BCUT2D eigenvalue weighted by atomic mass is 35.5. The Labute approximate surface area is 124 Å². The van der Waals surface area contributed by atoms with Crippen molar-refractivity contribution in [1.29, 1.82) is 0 Å². The molecule has 0 saturated carbocycles. The van der Waals surface area contributed by atoms with Crippen LogP contribution >= 0.6 is 23.2 Å². The van der Waals surface area contributed by atoms with Crippen LogP contribution in [0.2, 0.25) is 10.0 Å². The fraction of sp³-hybridized carbons (Fsp3) is 0.143. The number of hydrogen-bond donors (Lipinski definition) is 1. The zero-order valence-corrected chi connectivity index (χ0v) is 11.9. The van der Waals surface area contributed by atoms with E-state index in [9.17, 15) is 13.2 Å². The molecule has 2 aromatic rings. The lowest BCUT2D eigenvalue weighted by Crippen LogP contribution is -2.09. The molecule has 0 aliphatic carbocycles. The highest BCUT2D eigenvalue weighted by Gasteiger charge is 2.15. The Morgan fingerprint density at radius 2 is 1.60 bits per heavy atom. The van der Waals surface area contributed by atoms with E-state index in [0.717, 1.165) is 6.07 Å². The molecule has 0 aliphatic rings. The number of nitrogens with one attached hydrogen (secondary N) is 1. The maximum absolute atomic E-state index is 13.7. The van der Waals surface area contributed by atoms with Gasteiger partial charge in [0.1, 0.15) is 0 Å². The Hall–Kier alpha value is -1.39. The van der Waals surface area contributed by atoms with Crippen LogP contribution in [0.1, 0.15) is 18.5 Å². The van der Waals surface area contributed by atoms with Crippen LogP contribution < -0.4 is 5.32 Å². The van der Waals surface area contributed by atoms with Gasteiger partial charge in [0, 0.05) is 11.3 Å². The van der Waals surface area contributed by atoms with Crippen molar-refractivity contribution in [2.24, 2.45) is 0 Å². The molecular formula is C14H10Cl2F3N. The van der Waals surface area contributed by atoms with E-state index in [1.54, 1.807) is 6.92 Å². The summed E-state index contributed by atoms with van der Waals surface area (Å²) in [7, 11) is 0. The molecular weight excluding hydrogens is 310 g/mol. The van der Waals surface area contributed by atoms with E-state index in [1.807, 2.05) is 0 Å². The Kier molecular flexibility index (Phi) is 4.45. The van der Waals surface area contributed by atoms with Crippen LogP contribution in [0.3, 0.4) is 0 Å². The zero-order valence-electron chi connectivity index (χ0n) is 10.4. The summed E-state index contributed by atoms with van der Waals surface area (Å²) in [6.07, 6.45) is 0. The lowest BCUT2D eigenvalue weighted by atomic mass is 10.1. The molecule has 1 atom stereocenters.